The Labute approximate surface area is 127 Å². The summed E-state index contributed by atoms with van der Waals surface area (Å²) in [5, 5.41) is 9.46. The molecule has 6 heteroatoms. The number of hydrogen-bond acceptors (Lipinski definition) is 4. The number of carbonyl (C=O) groups is 2. The number of aromatic nitrogens is 1. The van der Waals surface area contributed by atoms with E-state index in [1.807, 2.05) is 24.3 Å². The van der Waals surface area contributed by atoms with Crippen molar-refractivity contribution < 1.29 is 19.1 Å². The minimum Gasteiger partial charge on any atom is -0.480 e. The maximum Gasteiger partial charge on any atom is 0.326 e. The van der Waals surface area contributed by atoms with Crippen molar-refractivity contribution in [2.45, 2.75) is 32.9 Å². The number of carboxylic acids is 1. The summed E-state index contributed by atoms with van der Waals surface area (Å²) in [7, 11) is 0. The van der Waals surface area contributed by atoms with Crippen LogP contribution in [0.1, 0.15) is 33.3 Å². The molecule has 3 rings (SSSR count). The second-order valence-electron chi connectivity index (χ2n) is 5.41. The molecule has 0 aliphatic carbocycles. The molecule has 0 unspecified atom stereocenters. The highest BCUT2D eigenvalue weighted by Gasteiger charge is 2.36. The molecule has 1 aromatic carbocycles. The van der Waals surface area contributed by atoms with Crippen LogP contribution >= 0.6 is 0 Å². The van der Waals surface area contributed by atoms with Gasteiger partial charge >= 0.3 is 5.97 Å². The van der Waals surface area contributed by atoms with E-state index in [1.165, 1.54) is 4.90 Å². The smallest absolute Gasteiger partial charge is 0.326 e. The lowest BCUT2D eigenvalue weighted by Crippen LogP contribution is -2.48. The van der Waals surface area contributed by atoms with Gasteiger partial charge in [-0.1, -0.05) is 24.3 Å². The van der Waals surface area contributed by atoms with E-state index in [2.05, 4.69) is 4.98 Å². The maximum atomic E-state index is 12.7. The first-order valence-electron chi connectivity index (χ1n) is 7.02. The maximum absolute atomic E-state index is 12.7. The summed E-state index contributed by atoms with van der Waals surface area (Å²) >= 11 is 0. The van der Waals surface area contributed by atoms with Crippen LogP contribution in [0.2, 0.25) is 0 Å². The lowest BCUT2D eigenvalue weighted by molar-refractivity contribution is -0.142. The Bertz CT molecular complexity index is 750. The van der Waals surface area contributed by atoms with Crippen molar-refractivity contribution >= 4 is 11.9 Å². The van der Waals surface area contributed by atoms with Gasteiger partial charge in [0.05, 0.1) is 5.69 Å². The molecule has 1 amide bonds. The number of carbonyl (C=O) groups excluding carboxylic acids is 1. The number of benzene rings is 1. The zero-order chi connectivity index (χ0) is 15.9. The van der Waals surface area contributed by atoms with Crippen LogP contribution in [0, 0.1) is 13.8 Å². The summed E-state index contributed by atoms with van der Waals surface area (Å²) in [6.07, 6.45) is 0.295. The molecule has 0 bridgehead atoms. The largest absolute Gasteiger partial charge is 0.480 e. The molecule has 1 atom stereocenters. The van der Waals surface area contributed by atoms with Gasteiger partial charge in [-0.2, -0.15) is 0 Å². The number of fused-ring (bicyclic) bond motifs is 1. The number of carboxylic acid groups (broad SMARTS) is 1. The molecule has 0 radical (unpaired) electrons. The van der Waals surface area contributed by atoms with Gasteiger partial charge in [0.1, 0.15) is 6.04 Å². The number of aryl methyl sites for hydroxylation is 2. The van der Waals surface area contributed by atoms with E-state index in [0.29, 0.717) is 18.0 Å². The standard InChI is InChI=1S/C16H16N2O4/c1-9-14(22-10(2)17-9)15(19)18-8-12-6-4-3-5-11(12)7-13(18)16(20)21/h3-6,13H,7-8H2,1-2H3,(H,20,21)/t13-/m1/s1. The minimum atomic E-state index is -1.02. The molecule has 0 spiro atoms. The van der Waals surface area contributed by atoms with Crippen LogP contribution in [-0.2, 0) is 17.8 Å². The molecule has 1 aromatic heterocycles. The molecule has 114 valence electrons. The Balaban J connectivity index is 1.99. The molecule has 0 saturated carbocycles. The fraction of sp³-hybridized carbons (Fsp3) is 0.312. The van der Waals surface area contributed by atoms with Crippen molar-refractivity contribution in [1.29, 1.82) is 0 Å². The summed E-state index contributed by atoms with van der Waals surface area (Å²) in [5.41, 5.74) is 2.40. The Morgan fingerprint density at radius 2 is 1.95 bits per heavy atom. The molecule has 0 saturated heterocycles. The van der Waals surface area contributed by atoms with Gasteiger partial charge in [-0.25, -0.2) is 9.78 Å². The van der Waals surface area contributed by atoms with Gasteiger partial charge < -0.3 is 14.4 Å². The molecule has 0 fully saturated rings. The van der Waals surface area contributed by atoms with Crippen molar-refractivity contribution in [3.05, 3.63) is 52.7 Å². The molecule has 6 nitrogen and oxygen atoms in total. The average Bonchev–Trinajstić information content (AvgIpc) is 2.83. The Morgan fingerprint density at radius 3 is 2.55 bits per heavy atom. The fourth-order valence-electron chi connectivity index (χ4n) is 2.82. The summed E-state index contributed by atoms with van der Waals surface area (Å²) in [6.45, 7) is 3.59. The zero-order valence-corrected chi connectivity index (χ0v) is 12.4. The van der Waals surface area contributed by atoms with Crippen LogP contribution in [0.15, 0.2) is 28.7 Å². The number of amides is 1. The summed E-state index contributed by atoms with van der Waals surface area (Å²) in [6, 6.07) is 6.67. The van der Waals surface area contributed by atoms with Crippen LogP contribution in [0.3, 0.4) is 0 Å². The second kappa shape index (κ2) is 5.29. The normalized spacial score (nSPS) is 17.2. The number of oxazole rings is 1. The fourth-order valence-corrected chi connectivity index (χ4v) is 2.82. The molecule has 1 aliphatic rings. The Kier molecular flexibility index (Phi) is 3.44. The van der Waals surface area contributed by atoms with E-state index >= 15 is 0 Å². The molecule has 22 heavy (non-hydrogen) atoms. The lowest BCUT2D eigenvalue weighted by atomic mass is 9.93. The van der Waals surface area contributed by atoms with E-state index in [4.69, 9.17) is 4.42 Å². The predicted molar refractivity (Wildman–Crippen MR) is 77.4 cm³/mol. The minimum absolute atomic E-state index is 0.114. The highest BCUT2D eigenvalue weighted by Crippen LogP contribution is 2.26. The Hall–Kier alpha value is -2.63. The van der Waals surface area contributed by atoms with Crippen molar-refractivity contribution in [2.24, 2.45) is 0 Å². The first kappa shape index (κ1) is 14.3. The van der Waals surface area contributed by atoms with E-state index in [1.54, 1.807) is 13.8 Å². The van der Waals surface area contributed by atoms with Crippen molar-refractivity contribution in [1.82, 2.24) is 9.88 Å². The molecular formula is C16H16N2O4. The third-order valence-corrected chi connectivity index (χ3v) is 3.89. The van der Waals surface area contributed by atoms with Crippen LogP contribution in [0.25, 0.3) is 0 Å². The number of aliphatic carboxylic acids is 1. The molecule has 1 aliphatic heterocycles. The van der Waals surface area contributed by atoms with Crippen molar-refractivity contribution in [2.75, 3.05) is 0 Å². The first-order chi connectivity index (χ1) is 10.5. The molecule has 2 heterocycles. The highest BCUT2D eigenvalue weighted by molar-refractivity contribution is 5.95. The monoisotopic (exact) mass is 300 g/mol. The predicted octanol–water partition coefficient (Wildman–Crippen LogP) is 1.94. The quantitative estimate of drug-likeness (QED) is 0.916. The van der Waals surface area contributed by atoms with Crippen molar-refractivity contribution in [3.8, 4) is 0 Å². The van der Waals surface area contributed by atoms with Crippen LogP contribution in [-0.4, -0.2) is 32.9 Å². The van der Waals surface area contributed by atoms with Gasteiger partial charge in [0.2, 0.25) is 5.76 Å². The molecule has 2 aromatic rings. The molecule has 1 N–H and O–H groups in total. The van der Waals surface area contributed by atoms with Gasteiger partial charge in [-0.15, -0.1) is 0 Å². The number of nitrogens with zero attached hydrogens (tertiary/aromatic N) is 2. The van der Waals surface area contributed by atoms with Crippen LogP contribution < -0.4 is 0 Å². The zero-order valence-electron chi connectivity index (χ0n) is 12.4. The van der Waals surface area contributed by atoms with E-state index in [0.717, 1.165) is 11.1 Å². The van der Waals surface area contributed by atoms with E-state index in [9.17, 15) is 14.7 Å². The van der Waals surface area contributed by atoms with Crippen LogP contribution in [0.5, 0.6) is 0 Å². The van der Waals surface area contributed by atoms with Gasteiger partial charge in [0, 0.05) is 19.9 Å². The third-order valence-electron chi connectivity index (χ3n) is 3.89. The van der Waals surface area contributed by atoms with Gasteiger partial charge in [-0.05, 0) is 18.1 Å². The average molecular weight is 300 g/mol. The van der Waals surface area contributed by atoms with Crippen LogP contribution in [0.4, 0.5) is 0 Å². The summed E-state index contributed by atoms with van der Waals surface area (Å²) in [4.78, 5) is 29.7. The van der Waals surface area contributed by atoms with E-state index in [-0.39, 0.29) is 12.3 Å². The second-order valence-corrected chi connectivity index (χ2v) is 5.41. The van der Waals surface area contributed by atoms with E-state index < -0.39 is 17.9 Å². The van der Waals surface area contributed by atoms with Gasteiger partial charge in [0.25, 0.3) is 5.91 Å². The highest BCUT2D eigenvalue weighted by atomic mass is 16.4. The number of rotatable bonds is 2. The third kappa shape index (κ3) is 2.36. The van der Waals surface area contributed by atoms with Gasteiger partial charge in [0.15, 0.2) is 5.89 Å². The van der Waals surface area contributed by atoms with Gasteiger partial charge in [-0.3, -0.25) is 4.79 Å². The Morgan fingerprint density at radius 1 is 1.27 bits per heavy atom. The number of hydrogen-bond donors (Lipinski definition) is 1. The summed E-state index contributed by atoms with van der Waals surface area (Å²) in [5.74, 6) is -0.940. The SMILES string of the molecule is Cc1nc(C)c(C(=O)N2Cc3ccccc3C[C@@H]2C(=O)O)o1. The lowest BCUT2D eigenvalue weighted by Gasteiger charge is -2.33. The molecular weight excluding hydrogens is 284 g/mol. The first-order valence-corrected chi connectivity index (χ1v) is 7.02. The topological polar surface area (TPSA) is 83.6 Å². The van der Waals surface area contributed by atoms with Crippen molar-refractivity contribution in [3.63, 3.8) is 0 Å². The summed E-state index contributed by atoms with van der Waals surface area (Å²) < 4.78 is 5.35.